The van der Waals surface area contributed by atoms with Gasteiger partial charge in [0.25, 0.3) is 0 Å². The number of nitrogens with zero attached hydrogens (tertiary/aromatic N) is 4. The predicted octanol–water partition coefficient (Wildman–Crippen LogP) is 2.11. The van der Waals surface area contributed by atoms with Gasteiger partial charge in [-0.3, -0.25) is 4.79 Å². The van der Waals surface area contributed by atoms with E-state index >= 15 is 0 Å². The summed E-state index contributed by atoms with van der Waals surface area (Å²) >= 11 is 1.63. The van der Waals surface area contributed by atoms with Crippen molar-refractivity contribution in [2.75, 3.05) is 37.6 Å². The molecule has 4 rings (SSSR count). The molecule has 6 nitrogen and oxygen atoms in total. The van der Waals surface area contributed by atoms with E-state index in [-0.39, 0.29) is 5.92 Å². The van der Waals surface area contributed by atoms with Crippen LogP contribution in [0.2, 0.25) is 0 Å². The van der Waals surface area contributed by atoms with Gasteiger partial charge in [0.2, 0.25) is 5.13 Å². The van der Waals surface area contributed by atoms with E-state index in [1.54, 1.807) is 11.3 Å². The number of hydrogen-bond donors (Lipinski definition) is 1. The van der Waals surface area contributed by atoms with E-state index in [4.69, 9.17) is 0 Å². The van der Waals surface area contributed by atoms with E-state index in [1.165, 1.54) is 19.3 Å². The fourth-order valence-corrected chi connectivity index (χ4v) is 5.43. The van der Waals surface area contributed by atoms with Crippen LogP contribution in [0.3, 0.4) is 0 Å². The molecule has 1 aromatic rings. The number of carbonyl (C=O) groups is 1. The van der Waals surface area contributed by atoms with Gasteiger partial charge in [0.15, 0.2) is 0 Å². The number of fused-ring (bicyclic) bond motifs is 1. The van der Waals surface area contributed by atoms with Crippen molar-refractivity contribution in [3.63, 3.8) is 0 Å². The van der Waals surface area contributed by atoms with Gasteiger partial charge in [-0.25, -0.2) is 0 Å². The van der Waals surface area contributed by atoms with Gasteiger partial charge in [-0.15, -0.1) is 10.2 Å². The highest BCUT2D eigenvalue weighted by Crippen LogP contribution is 2.45. The first-order valence-corrected chi connectivity index (χ1v) is 9.95. The van der Waals surface area contributed by atoms with Gasteiger partial charge >= 0.3 is 5.97 Å². The van der Waals surface area contributed by atoms with E-state index in [0.29, 0.717) is 13.1 Å². The molecule has 0 spiro atoms. The van der Waals surface area contributed by atoms with E-state index in [1.807, 2.05) is 0 Å². The quantitative estimate of drug-likeness (QED) is 0.847. The number of hydrogen-bond acceptors (Lipinski definition) is 6. The van der Waals surface area contributed by atoms with Crippen LogP contribution in [0.4, 0.5) is 5.13 Å². The van der Waals surface area contributed by atoms with Gasteiger partial charge in [0, 0.05) is 45.1 Å². The van der Waals surface area contributed by atoms with Crippen molar-refractivity contribution in [3.8, 4) is 0 Å². The fourth-order valence-electron chi connectivity index (χ4n) is 4.48. The standard InChI is InChI=1S/C17H26N4O2S/c1-2-4-14-18-19-16(24-14)21-9-13-8-20(7-12-5-3-6-12)10-17(13,11-21)15(22)23/h12-13H,2-11H2,1H3,(H,22,23)/t13-,17-/m1/s1. The molecular weight excluding hydrogens is 324 g/mol. The highest BCUT2D eigenvalue weighted by atomic mass is 32.1. The van der Waals surface area contributed by atoms with Crippen LogP contribution in [-0.4, -0.2) is 58.9 Å². The summed E-state index contributed by atoms with van der Waals surface area (Å²) in [4.78, 5) is 16.7. The molecule has 0 bridgehead atoms. The zero-order valence-corrected chi connectivity index (χ0v) is 15.1. The maximum absolute atomic E-state index is 12.1. The topological polar surface area (TPSA) is 69.6 Å². The Hall–Kier alpha value is -1.21. The summed E-state index contributed by atoms with van der Waals surface area (Å²) in [6.45, 7) is 6.21. The van der Waals surface area contributed by atoms with Gasteiger partial charge in [0.1, 0.15) is 10.4 Å². The number of carboxylic acid groups (broad SMARTS) is 1. The minimum Gasteiger partial charge on any atom is -0.481 e. The van der Waals surface area contributed by atoms with Gasteiger partial charge in [-0.1, -0.05) is 24.7 Å². The highest BCUT2D eigenvalue weighted by Gasteiger charge is 2.58. The Kier molecular flexibility index (Phi) is 4.24. The Balaban J connectivity index is 1.46. The molecular formula is C17H26N4O2S. The van der Waals surface area contributed by atoms with Crippen molar-refractivity contribution >= 4 is 22.4 Å². The molecule has 24 heavy (non-hydrogen) atoms. The van der Waals surface area contributed by atoms with Crippen LogP contribution in [0.15, 0.2) is 0 Å². The Morgan fingerprint density at radius 3 is 2.79 bits per heavy atom. The average Bonchev–Trinajstić information content (AvgIpc) is 3.15. The number of likely N-dealkylation sites (tertiary alicyclic amines) is 1. The van der Waals surface area contributed by atoms with Crippen LogP contribution in [0, 0.1) is 17.3 Å². The van der Waals surface area contributed by atoms with E-state index in [0.717, 1.165) is 48.5 Å². The van der Waals surface area contributed by atoms with E-state index in [9.17, 15) is 9.90 Å². The second-order valence-corrected chi connectivity index (χ2v) is 8.80. The summed E-state index contributed by atoms with van der Waals surface area (Å²) < 4.78 is 0. The van der Waals surface area contributed by atoms with Crippen LogP contribution in [0.1, 0.15) is 37.6 Å². The maximum atomic E-state index is 12.1. The lowest BCUT2D eigenvalue weighted by molar-refractivity contribution is -0.148. The molecule has 0 aromatic carbocycles. The Morgan fingerprint density at radius 1 is 1.33 bits per heavy atom. The summed E-state index contributed by atoms with van der Waals surface area (Å²) in [6.07, 6.45) is 5.99. The van der Waals surface area contributed by atoms with Crippen LogP contribution < -0.4 is 4.90 Å². The molecule has 0 radical (unpaired) electrons. The number of carboxylic acids is 1. The van der Waals surface area contributed by atoms with E-state index < -0.39 is 11.4 Å². The average molecular weight is 350 g/mol. The second kappa shape index (κ2) is 6.26. The summed E-state index contributed by atoms with van der Waals surface area (Å²) in [5.41, 5.74) is -0.625. The normalized spacial score (nSPS) is 30.5. The summed E-state index contributed by atoms with van der Waals surface area (Å²) in [5, 5.41) is 20.5. The SMILES string of the molecule is CCCc1nnc(N2C[C@H]3CN(CC4CCC4)C[C@@]3(C(=O)O)C2)s1. The fraction of sp³-hybridized carbons (Fsp3) is 0.824. The third-order valence-corrected chi connectivity index (χ3v) is 7.08. The number of aromatic nitrogens is 2. The summed E-state index contributed by atoms with van der Waals surface area (Å²) in [6, 6.07) is 0. The molecule has 3 aliphatic rings. The molecule has 132 valence electrons. The third-order valence-electron chi connectivity index (χ3n) is 6.04. The smallest absolute Gasteiger partial charge is 0.313 e. The lowest BCUT2D eigenvalue weighted by Gasteiger charge is -2.31. The molecule has 3 fully saturated rings. The lowest BCUT2D eigenvalue weighted by atomic mass is 9.81. The minimum absolute atomic E-state index is 0.202. The molecule has 0 amide bonds. The van der Waals surface area contributed by atoms with Crippen molar-refractivity contribution in [2.24, 2.45) is 17.3 Å². The maximum Gasteiger partial charge on any atom is 0.313 e. The van der Waals surface area contributed by atoms with Crippen LogP contribution >= 0.6 is 11.3 Å². The Labute approximate surface area is 146 Å². The number of aliphatic carboxylic acids is 1. The first kappa shape index (κ1) is 16.3. The zero-order chi connectivity index (χ0) is 16.7. The minimum atomic E-state index is -0.635. The predicted molar refractivity (Wildman–Crippen MR) is 93.5 cm³/mol. The van der Waals surface area contributed by atoms with Gasteiger partial charge in [-0.05, 0) is 25.2 Å². The molecule has 7 heteroatoms. The molecule has 2 saturated heterocycles. The largest absolute Gasteiger partial charge is 0.481 e. The molecule has 1 aromatic heterocycles. The highest BCUT2D eigenvalue weighted by molar-refractivity contribution is 7.15. The van der Waals surface area contributed by atoms with E-state index in [2.05, 4.69) is 26.9 Å². The van der Waals surface area contributed by atoms with Gasteiger partial charge < -0.3 is 14.9 Å². The van der Waals surface area contributed by atoms with Gasteiger partial charge in [0.05, 0.1) is 0 Å². The summed E-state index contributed by atoms with van der Waals surface area (Å²) in [7, 11) is 0. The first-order chi connectivity index (χ1) is 11.6. The molecule has 2 atom stereocenters. The third kappa shape index (κ3) is 2.71. The number of rotatable bonds is 6. The van der Waals surface area contributed by atoms with Crippen molar-refractivity contribution in [3.05, 3.63) is 5.01 Å². The number of aryl methyl sites for hydroxylation is 1. The van der Waals surface area contributed by atoms with Crippen LogP contribution in [-0.2, 0) is 11.2 Å². The van der Waals surface area contributed by atoms with Crippen LogP contribution in [0.5, 0.6) is 0 Å². The van der Waals surface area contributed by atoms with Crippen molar-refractivity contribution in [1.29, 1.82) is 0 Å². The second-order valence-electron chi connectivity index (χ2n) is 7.76. The van der Waals surface area contributed by atoms with Crippen molar-refractivity contribution in [1.82, 2.24) is 15.1 Å². The number of anilines is 1. The Bertz CT molecular complexity index is 617. The zero-order valence-electron chi connectivity index (χ0n) is 14.3. The van der Waals surface area contributed by atoms with Crippen molar-refractivity contribution in [2.45, 2.75) is 39.0 Å². The molecule has 2 aliphatic heterocycles. The molecule has 0 unspecified atom stereocenters. The Morgan fingerprint density at radius 2 is 2.17 bits per heavy atom. The van der Waals surface area contributed by atoms with Crippen LogP contribution in [0.25, 0.3) is 0 Å². The summed E-state index contributed by atoms with van der Waals surface area (Å²) in [5.74, 6) is 0.364. The molecule has 3 heterocycles. The monoisotopic (exact) mass is 350 g/mol. The van der Waals surface area contributed by atoms with Gasteiger partial charge in [-0.2, -0.15) is 0 Å². The lowest BCUT2D eigenvalue weighted by Crippen LogP contribution is -2.42. The first-order valence-electron chi connectivity index (χ1n) is 9.14. The van der Waals surface area contributed by atoms with Crippen molar-refractivity contribution < 1.29 is 9.90 Å². The molecule has 1 N–H and O–H groups in total. The molecule has 1 saturated carbocycles. The molecule has 1 aliphatic carbocycles.